The van der Waals surface area contributed by atoms with Crippen molar-refractivity contribution >= 4 is 21.1 Å². The van der Waals surface area contributed by atoms with Gasteiger partial charge in [-0.1, -0.05) is 12.1 Å². The predicted molar refractivity (Wildman–Crippen MR) is 136 cm³/mol. The molecule has 204 valence electrons. The third kappa shape index (κ3) is 5.51. The fourth-order valence-corrected chi connectivity index (χ4v) is 6.52. The maximum Gasteiger partial charge on any atom is 0.417 e. The monoisotopic (exact) mass is 558 g/mol. The number of rotatable bonds is 7. The maximum atomic E-state index is 13.5. The van der Waals surface area contributed by atoms with Gasteiger partial charge in [-0.05, 0) is 31.2 Å². The summed E-state index contributed by atoms with van der Waals surface area (Å²) in [5, 5.41) is 14.8. The number of halogens is 3. The first-order chi connectivity index (χ1) is 18.7. The number of sulfonamides is 1. The van der Waals surface area contributed by atoms with Crippen molar-refractivity contribution in [1.29, 1.82) is 5.26 Å². The van der Waals surface area contributed by atoms with Crippen LogP contribution in [0.15, 0.2) is 60.1 Å². The minimum absolute atomic E-state index is 0.0323. The Kier molecular flexibility index (Phi) is 7.39. The molecule has 0 radical (unpaired) electrons. The number of aromatic nitrogens is 5. The van der Waals surface area contributed by atoms with Crippen LogP contribution in [-0.4, -0.2) is 75.1 Å². The highest BCUT2D eigenvalue weighted by Crippen LogP contribution is 2.35. The molecule has 1 unspecified atom stereocenters. The third-order valence-corrected chi connectivity index (χ3v) is 8.71. The van der Waals surface area contributed by atoms with Crippen LogP contribution < -0.4 is 0 Å². The molecule has 5 rings (SSSR count). The van der Waals surface area contributed by atoms with Crippen molar-refractivity contribution in [3.8, 4) is 17.3 Å². The number of aromatic amines is 1. The molecule has 39 heavy (non-hydrogen) atoms. The highest BCUT2D eigenvalue weighted by Gasteiger charge is 2.39. The van der Waals surface area contributed by atoms with Gasteiger partial charge >= 0.3 is 6.18 Å². The van der Waals surface area contributed by atoms with Crippen LogP contribution in [-0.2, 0) is 16.2 Å². The fraction of sp³-hybridized carbons (Fsp3) is 0.360. The number of nitriles is 1. The number of hydrogen-bond donors (Lipinski definition) is 1. The number of nitrogens with one attached hydrogen (secondary N) is 1. The molecule has 1 aromatic carbocycles. The first-order valence-corrected chi connectivity index (χ1v) is 13.7. The fourth-order valence-electron chi connectivity index (χ4n) is 4.84. The lowest BCUT2D eigenvalue weighted by molar-refractivity contribution is -0.139. The topological polar surface area (TPSA) is 124 Å². The van der Waals surface area contributed by atoms with Crippen molar-refractivity contribution in [2.45, 2.75) is 30.0 Å². The van der Waals surface area contributed by atoms with E-state index in [2.05, 4.69) is 26.1 Å². The Hall–Kier alpha value is -3.80. The van der Waals surface area contributed by atoms with E-state index in [1.165, 1.54) is 18.5 Å². The van der Waals surface area contributed by atoms with Crippen molar-refractivity contribution in [3.05, 3.63) is 60.8 Å². The van der Waals surface area contributed by atoms with E-state index in [0.29, 0.717) is 37.4 Å². The van der Waals surface area contributed by atoms with Crippen molar-refractivity contribution < 1.29 is 21.6 Å². The van der Waals surface area contributed by atoms with Crippen molar-refractivity contribution in [3.63, 3.8) is 0 Å². The summed E-state index contributed by atoms with van der Waals surface area (Å²) in [6.45, 7) is 1.38. The van der Waals surface area contributed by atoms with Gasteiger partial charge in [0.05, 0.1) is 40.9 Å². The molecule has 14 heteroatoms. The van der Waals surface area contributed by atoms with Gasteiger partial charge in [0, 0.05) is 49.5 Å². The Morgan fingerprint density at radius 1 is 1.10 bits per heavy atom. The van der Waals surface area contributed by atoms with Gasteiger partial charge in [0.1, 0.15) is 12.0 Å². The molecule has 0 bridgehead atoms. The van der Waals surface area contributed by atoms with Crippen LogP contribution in [0.3, 0.4) is 0 Å². The van der Waals surface area contributed by atoms with Gasteiger partial charge in [-0.25, -0.2) is 18.4 Å². The van der Waals surface area contributed by atoms with Crippen LogP contribution in [0, 0.1) is 11.3 Å². The van der Waals surface area contributed by atoms with Gasteiger partial charge in [0.15, 0.2) is 0 Å². The number of alkyl halides is 3. The lowest BCUT2D eigenvalue weighted by atomic mass is 10.1. The Balaban J connectivity index is 1.31. The molecule has 0 aliphatic carbocycles. The summed E-state index contributed by atoms with van der Waals surface area (Å²) < 4.78 is 69.7. The Labute approximate surface area is 222 Å². The smallest absolute Gasteiger partial charge is 0.346 e. The highest BCUT2D eigenvalue weighted by atomic mass is 32.2. The summed E-state index contributed by atoms with van der Waals surface area (Å²) in [6, 6.07) is 7.99. The van der Waals surface area contributed by atoms with E-state index in [1.54, 1.807) is 17.1 Å². The predicted octanol–water partition coefficient (Wildman–Crippen LogP) is 3.69. The molecule has 1 aliphatic heterocycles. The van der Waals surface area contributed by atoms with E-state index in [4.69, 9.17) is 0 Å². The SMILES string of the molecule is N#CCC(CN1CCCN(S(=O)(=O)c2ccccc2C(F)(F)F)CC1)n1cc(-c2ncnc3[nH]ccc23)cn1. The van der Waals surface area contributed by atoms with Gasteiger partial charge in [-0.2, -0.15) is 27.8 Å². The summed E-state index contributed by atoms with van der Waals surface area (Å²) in [7, 11) is -4.35. The van der Waals surface area contributed by atoms with E-state index in [1.807, 2.05) is 17.2 Å². The second kappa shape index (κ2) is 10.8. The van der Waals surface area contributed by atoms with E-state index >= 15 is 0 Å². The molecule has 1 fully saturated rings. The minimum atomic E-state index is -4.78. The molecular weight excluding hydrogens is 533 g/mol. The molecule has 10 nitrogen and oxygen atoms in total. The molecule has 0 amide bonds. The van der Waals surface area contributed by atoms with Gasteiger partial charge < -0.3 is 4.98 Å². The van der Waals surface area contributed by atoms with Crippen molar-refractivity contribution in [2.75, 3.05) is 32.7 Å². The van der Waals surface area contributed by atoms with Crippen LogP contribution in [0.1, 0.15) is 24.4 Å². The normalized spacial score (nSPS) is 16.7. The van der Waals surface area contributed by atoms with Gasteiger partial charge in [0.2, 0.25) is 10.0 Å². The summed E-state index contributed by atoms with van der Waals surface area (Å²) in [5.74, 6) is 0. The lowest BCUT2D eigenvalue weighted by Crippen LogP contribution is -2.37. The Morgan fingerprint density at radius 3 is 2.72 bits per heavy atom. The van der Waals surface area contributed by atoms with Crippen molar-refractivity contribution in [2.24, 2.45) is 0 Å². The average Bonchev–Trinajstić information content (AvgIpc) is 3.53. The van der Waals surface area contributed by atoms with E-state index < -0.39 is 26.7 Å². The molecule has 0 spiro atoms. The quantitative estimate of drug-likeness (QED) is 0.367. The van der Waals surface area contributed by atoms with Gasteiger partial charge in [0.25, 0.3) is 0 Å². The highest BCUT2D eigenvalue weighted by molar-refractivity contribution is 7.89. The first kappa shape index (κ1) is 26.8. The van der Waals surface area contributed by atoms with Crippen LogP contribution >= 0.6 is 0 Å². The van der Waals surface area contributed by atoms with Crippen molar-refractivity contribution in [1.82, 2.24) is 33.9 Å². The largest absolute Gasteiger partial charge is 0.417 e. The summed E-state index contributed by atoms with van der Waals surface area (Å²) in [5.41, 5.74) is 0.998. The summed E-state index contributed by atoms with van der Waals surface area (Å²) in [4.78, 5) is 12.9. The summed E-state index contributed by atoms with van der Waals surface area (Å²) in [6.07, 6.45) is 2.55. The van der Waals surface area contributed by atoms with E-state index in [9.17, 15) is 26.9 Å². The number of fused-ring (bicyclic) bond motifs is 1. The lowest BCUT2D eigenvalue weighted by Gasteiger charge is -2.26. The summed E-state index contributed by atoms with van der Waals surface area (Å²) >= 11 is 0. The minimum Gasteiger partial charge on any atom is -0.346 e. The van der Waals surface area contributed by atoms with Crippen LogP contribution in [0.25, 0.3) is 22.3 Å². The number of benzene rings is 1. The molecule has 1 N–H and O–H groups in total. The van der Waals surface area contributed by atoms with Gasteiger partial charge in [-0.15, -0.1) is 0 Å². The van der Waals surface area contributed by atoms with Crippen LogP contribution in [0.2, 0.25) is 0 Å². The number of H-pyrrole nitrogens is 1. The first-order valence-electron chi connectivity index (χ1n) is 12.3. The molecule has 4 aromatic rings. The zero-order valence-corrected chi connectivity index (χ0v) is 21.5. The standard InChI is InChI=1S/C25H25F3N8O2S/c26-25(27,28)21-4-1-2-5-22(21)39(37,38)35-11-3-10-34(12-13-35)16-19(6-8-29)36-15-18(14-33-36)23-20-7-9-30-24(20)32-17-31-23/h1-2,4-5,7,9,14-15,17,19H,3,6,10-13,16H2,(H,30,31,32). The third-order valence-electron chi connectivity index (χ3n) is 6.76. The number of nitrogens with zero attached hydrogens (tertiary/aromatic N) is 7. The Bertz CT molecular complexity index is 1610. The van der Waals surface area contributed by atoms with E-state index in [-0.39, 0.29) is 25.6 Å². The average molecular weight is 559 g/mol. The Morgan fingerprint density at radius 2 is 1.92 bits per heavy atom. The second-order valence-corrected chi connectivity index (χ2v) is 11.1. The maximum absolute atomic E-state index is 13.5. The van der Waals surface area contributed by atoms with Crippen LogP contribution in [0.4, 0.5) is 13.2 Å². The zero-order chi connectivity index (χ0) is 27.6. The molecule has 3 aromatic heterocycles. The molecular formula is C25H25F3N8O2S. The molecule has 0 saturated carbocycles. The molecule has 4 heterocycles. The molecule has 1 atom stereocenters. The number of hydrogen-bond acceptors (Lipinski definition) is 7. The van der Waals surface area contributed by atoms with Gasteiger partial charge in [-0.3, -0.25) is 9.58 Å². The second-order valence-electron chi connectivity index (χ2n) is 9.24. The van der Waals surface area contributed by atoms with Crippen LogP contribution in [0.5, 0.6) is 0 Å². The zero-order valence-electron chi connectivity index (χ0n) is 20.7. The van der Waals surface area contributed by atoms with E-state index in [0.717, 1.165) is 27.4 Å². The molecule has 1 aliphatic rings. The molecule has 1 saturated heterocycles.